The Balaban J connectivity index is 1.26. The molecule has 2 amide bonds. The van der Waals surface area contributed by atoms with Crippen molar-refractivity contribution in [1.29, 1.82) is 0 Å². The fraction of sp³-hybridized carbons (Fsp3) is 0.375. The number of morpholine rings is 1. The highest BCUT2D eigenvalue weighted by Gasteiger charge is 2.31. The normalized spacial score (nSPS) is 18.9. The molecule has 0 radical (unpaired) electrons. The monoisotopic (exact) mass is 672 g/mol. The molecule has 3 aliphatic heterocycles. The topological polar surface area (TPSA) is 132 Å². The largest absolute Gasteiger partial charge is 0.390 e. The second-order valence-corrected chi connectivity index (χ2v) is 14.4. The lowest BCUT2D eigenvalue weighted by molar-refractivity contribution is -0.110. The lowest BCUT2D eigenvalue weighted by Gasteiger charge is -2.31. The maximum Gasteiger partial charge on any atom is 0.256 e. The van der Waals surface area contributed by atoms with Crippen molar-refractivity contribution < 1.29 is 27.9 Å². The number of hydrogen-bond donors (Lipinski definition) is 3. The first-order chi connectivity index (χ1) is 21.5. The van der Waals surface area contributed by atoms with Gasteiger partial charge in [-0.3, -0.25) is 14.5 Å². The third-order valence-corrected chi connectivity index (χ3v) is 10.9. The number of aryl methyl sites for hydroxylation is 1. The number of aromatic nitrogens is 1. The van der Waals surface area contributed by atoms with Crippen molar-refractivity contribution in [2.75, 3.05) is 51.3 Å². The zero-order valence-electron chi connectivity index (χ0n) is 24.7. The number of fused-ring (bicyclic) bond motifs is 2. The summed E-state index contributed by atoms with van der Waals surface area (Å²) in [6.45, 7) is 5.84. The third-order valence-electron chi connectivity index (χ3n) is 8.54. The van der Waals surface area contributed by atoms with Gasteiger partial charge in [0.1, 0.15) is 0 Å². The van der Waals surface area contributed by atoms with Crippen molar-refractivity contribution >= 4 is 62.2 Å². The van der Waals surface area contributed by atoms with Crippen LogP contribution in [-0.2, 0) is 31.5 Å². The van der Waals surface area contributed by atoms with Crippen LogP contribution in [0.2, 0.25) is 10.0 Å². The molecule has 3 N–H and O–H groups in total. The number of ether oxygens (including phenoxy) is 1. The molecule has 1 atom stereocenters. The molecule has 238 valence electrons. The van der Waals surface area contributed by atoms with Gasteiger partial charge in [0.15, 0.2) is 9.84 Å². The van der Waals surface area contributed by atoms with Crippen LogP contribution in [0.1, 0.15) is 44.9 Å². The summed E-state index contributed by atoms with van der Waals surface area (Å²) in [5.41, 5.74) is 4.13. The number of aliphatic hydroxyl groups is 1. The molecule has 13 heteroatoms. The molecule has 0 spiro atoms. The quantitative estimate of drug-likeness (QED) is 0.306. The van der Waals surface area contributed by atoms with Crippen LogP contribution in [0, 0.1) is 6.92 Å². The Labute approximate surface area is 271 Å². The molecule has 6 rings (SSSR count). The summed E-state index contributed by atoms with van der Waals surface area (Å²) in [6.07, 6.45) is 2.33. The van der Waals surface area contributed by atoms with Crippen molar-refractivity contribution in [3.63, 3.8) is 0 Å². The number of hydrogen-bond acceptors (Lipinski definition) is 7. The molecule has 0 aliphatic carbocycles. The van der Waals surface area contributed by atoms with Crippen LogP contribution < -0.4 is 5.32 Å². The number of nitrogens with zero attached hydrogens (tertiary/aromatic N) is 2. The number of sulfone groups is 1. The lowest BCUT2D eigenvalue weighted by Crippen LogP contribution is -2.46. The first-order valence-electron chi connectivity index (χ1n) is 14.8. The lowest BCUT2D eigenvalue weighted by atomic mass is 10.0. The minimum Gasteiger partial charge on any atom is -0.390 e. The molecule has 3 aromatic rings. The van der Waals surface area contributed by atoms with Crippen LogP contribution in [-0.4, -0.2) is 92.2 Å². The average Bonchev–Trinajstić information content (AvgIpc) is 3.43. The minimum absolute atomic E-state index is 0.0279. The van der Waals surface area contributed by atoms with Gasteiger partial charge in [0.05, 0.1) is 41.1 Å². The second-order valence-electron chi connectivity index (χ2n) is 11.6. The standard InChI is InChI=1S/C32H34Cl2N4O6S/c1-19-29(35-28-6-3-9-38(32(41)30(19)28)17-20(39)16-37-10-12-44-13-11-37)15-23-22-14-21(7-8-27(22)36-31(23)40)45(42,43)18-24-25(33)4-2-5-26(24)34/h2,4-5,7-8,14-15,20,35,39H,3,6,9-13,16-18H2,1H3,(H,36,40)/b23-15-/t20-/m0/s1. The molecule has 1 aromatic heterocycles. The molecule has 3 aliphatic rings. The van der Waals surface area contributed by atoms with Crippen LogP contribution in [0.4, 0.5) is 5.69 Å². The Morgan fingerprint density at radius 3 is 2.53 bits per heavy atom. The van der Waals surface area contributed by atoms with Crippen LogP contribution >= 0.6 is 23.2 Å². The Kier molecular flexibility index (Phi) is 9.11. The number of nitrogens with one attached hydrogen (secondary N) is 2. The summed E-state index contributed by atoms with van der Waals surface area (Å²) >= 11 is 12.5. The predicted octanol–water partition coefficient (Wildman–Crippen LogP) is 4.18. The molecule has 45 heavy (non-hydrogen) atoms. The SMILES string of the molecule is Cc1c(/C=C2\C(=O)Nc3ccc(S(=O)(=O)Cc4c(Cl)cccc4Cl)cc32)[nH]c2c1C(=O)N(C[C@@H](O)CN1CCOCC1)CCC2. The first kappa shape index (κ1) is 31.8. The van der Waals surface area contributed by atoms with E-state index in [9.17, 15) is 23.1 Å². The zero-order valence-corrected chi connectivity index (χ0v) is 27.1. The van der Waals surface area contributed by atoms with Crippen molar-refractivity contribution in [2.24, 2.45) is 0 Å². The molecule has 2 aromatic carbocycles. The van der Waals surface area contributed by atoms with Gasteiger partial charge in [-0.2, -0.15) is 0 Å². The smallest absolute Gasteiger partial charge is 0.256 e. The van der Waals surface area contributed by atoms with E-state index in [4.69, 9.17) is 27.9 Å². The number of benzene rings is 2. The summed E-state index contributed by atoms with van der Waals surface area (Å²) in [7, 11) is -3.86. The van der Waals surface area contributed by atoms with Gasteiger partial charge in [-0.25, -0.2) is 8.42 Å². The number of carbonyl (C=O) groups is 2. The van der Waals surface area contributed by atoms with E-state index in [0.717, 1.165) is 25.2 Å². The molecular weight excluding hydrogens is 639 g/mol. The van der Waals surface area contributed by atoms with Gasteiger partial charge >= 0.3 is 0 Å². The Hall–Kier alpha value is -3.19. The fourth-order valence-electron chi connectivity index (χ4n) is 6.17. The van der Waals surface area contributed by atoms with Crippen LogP contribution in [0.5, 0.6) is 0 Å². The predicted molar refractivity (Wildman–Crippen MR) is 173 cm³/mol. The van der Waals surface area contributed by atoms with Gasteiger partial charge in [0.2, 0.25) is 0 Å². The maximum absolute atomic E-state index is 13.7. The zero-order chi connectivity index (χ0) is 31.9. The molecule has 0 bridgehead atoms. The van der Waals surface area contributed by atoms with Gasteiger partial charge in [-0.05, 0) is 61.7 Å². The van der Waals surface area contributed by atoms with E-state index >= 15 is 0 Å². The van der Waals surface area contributed by atoms with Crippen LogP contribution in [0.3, 0.4) is 0 Å². The molecule has 10 nitrogen and oxygen atoms in total. The van der Waals surface area contributed by atoms with Crippen molar-refractivity contribution in [3.8, 4) is 0 Å². The minimum atomic E-state index is -3.86. The number of carbonyl (C=O) groups excluding carboxylic acids is 2. The van der Waals surface area contributed by atoms with Gasteiger partial charge in [0, 0.05) is 71.0 Å². The number of halogens is 2. The van der Waals surface area contributed by atoms with Crippen LogP contribution in [0.15, 0.2) is 41.3 Å². The van der Waals surface area contributed by atoms with Gasteiger partial charge in [-0.1, -0.05) is 29.3 Å². The number of aliphatic hydroxyl groups excluding tert-OH is 1. The third kappa shape index (κ3) is 6.56. The van der Waals surface area contributed by atoms with E-state index < -0.39 is 21.7 Å². The number of amides is 2. The van der Waals surface area contributed by atoms with E-state index in [1.807, 2.05) is 6.92 Å². The molecule has 1 saturated heterocycles. The Bertz CT molecular complexity index is 1780. The van der Waals surface area contributed by atoms with Crippen molar-refractivity contribution in [2.45, 2.75) is 36.5 Å². The number of aromatic amines is 1. The van der Waals surface area contributed by atoms with E-state index in [2.05, 4.69) is 15.2 Å². The van der Waals surface area contributed by atoms with Gasteiger partial charge in [0.25, 0.3) is 11.8 Å². The van der Waals surface area contributed by atoms with Crippen molar-refractivity contribution in [1.82, 2.24) is 14.8 Å². The van der Waals surface area contributed by atoms with E-state index in [-0.39, 0.29) is 38.9 Å². The first-order valence-corrected chi connectivity index (χ1v) is 17.2. The Morgan fingerprint density at radius 1 is 1.07 bits per heavy atom. The molecule has 4 heterocycles. The fourth-order valence-corrected chi connectivity index (χ4v) is 8.29. The summed E-state index contributed by atoms with van der Waals surface area (Å²) in [5, 5.41) is 14.1. The summed E-state index contributed by atoms with van der Waals surface area (Å²) in [6, 6.07) is 9.31. The van der Waals surface area contributed by atoms with E-state index in [0.29, 0.717) is 66.4 Å². The highest BCUT2D eigenvalue weighted by Crippen LogP contribution is 2.37. The summed E-state index contributed by atoms with van der Waals surface area (Å²) in [4.78, 5) is 34.0. The van der Waals surface area contributed by atoms with E-state index in [1.165, 1.54) is 12.1 Å². The number of anilines is 1. The molecule has 0 unspecified atom stereocenters. The van der Waals surface area contributed by atoms with Gasteiger partial charge in [-0.15, -0.1) is 0 Å². The number of rotatable bonds is 8. The van der Waals surface area contributed by atoms with Crippen LogP contribution in [0.25, 0.3) is 11.6 Å². The molecule has 1 fully saturated rings. The highest BCUT2D eigenvalue weighted by atomic mass is 35.5. The number of β-amino-alcohol motifs (C(OH)–C–C–N with tert-alkyl or cyclic N) is 1. The van der Waals surface area contributed by atoms with Gasteiger partial charge < -0.3 is 25.0 Å². The molecule has 0 saturated carbocycles. The van der Waals surface area contributed by atoms with Crippen molar-refractivity contribution in [3.05, 3.63) is 80.1 Å². The Morgan fingerprint density at radius 2 is 1.80 bits per heavy atom. The summed E-state index contributed by atoms with van der Waals surface area (Å²) in [5.74, 6) is -0.936. The maximum atomic E-state index is 13.7. The summed E-state index contributed by atoms with van der Waals surface area (Å²) < 4.78 is 32.2. The highest BCUT2D eigenvalue weighted by molar-refractivity contribution is 7.90. The average molecular weight is 674 g/mol. The second kappa shape index (κ2) is 12.9. The number of H-pyrrole nitrogens is 1. The molecular formula is C32H34Cl2N4O6S. The van der Waals surface area contributed by atoms with E-state index in [1.54, 1.807) is 35.2 Å².